The van der Waals surface area contributed by atoms with Crippen molar-refractivity contribution in [3.63, 3.8) is 0 Å². The molecule has 0 aliphatic rings. The molecule has 2 unspecified atom stereocenters. The van der Waals surface area contributed by atoms with Crippen LogP contribution in [-0.2, 0) is 9.73 Å². The van der Waals surface area contributed by atoms with Gasteiger partial charge in [-0.25, -0.2) is 14.0 Å². The molecule has 2 aromatic carbocycles. The maximum atomic E-state index is 12.0. The van der Waals surface area contributed by atoms with Crippen molar-refractivity contribution in [3.8, 4) is 11.8 Å². The molecule has 3 rings (SSSR count). The molecule has 7 nitrogen and oxygen atoms in total. The van der Waals surface area contributed by atoms with Gasteiger partial charge in [-0.1, -0.05) is 35.6 Å². The molecule has 0 saturated heterocycles. The molecule has 1 heterocycles. The van der Waals surface area contributed by atoms with Crippen LogP contribution in [0.5, 0.6) is 0 Å². The Balaban J connectivity index is 1.92. The zero-order valence-electron chi connectivity index (χ0n) is 17.6. The first-order valence-corrected chi connectivity index (χ1v) is 11.7. The van der Waals surface area contributed by atoms with Crippen LogP contribution in [0.15, 0.2) is 59.6 Å². The van der Waals surface area contributed by atoms with Crippen LogP contribution >= 0.6 is 0 Å². The molecule has 0 radical (unpaired) electrons. The number of aliphatic hydroxyl groups excluding tert-OH is 1. The van der Waals surface area contributed by atoms with Gasteiger partial charge in [0.15, 0.2) is 0 Å². The molecule has 3 aromatic rings. The summed E-state index contributed by atoms with van der Waals surface area (Å²) < 4.78 is 19.8. The van der Waals surface area contributed by atoms with E-state index >= 15 is 0 Å². The molecule has 0 saturated carbocycles. The van der Waals surface area contributed by atoms with Gasteiger partial charge in [0.05, 0.1) is 28.1 Å². The third-order valence-corrected chi connectivity index (χ3v) is 5.53. The van der Waals surface area contributed by atoms with E-state index < -0.39 is 9.73 Å². The number of rotatable bonds is 6. The summed E-state index contributed by atoms with van der Waals surface area (Å²) in [6.07, 6.45) is 2.99. The molecular formula is C23H25N5O2S. The number of aryl methyl sites for hydroxylation is 1. The minimum absolute atomic E-state index is 0.0615. The minimum Gasteiger partial charge on any atom is -0.394 e. The fraction of sp³-hybridized carbons (Fsp3) is 0.217. The van der Waals surface area contributed by atoms with E-state index in [0.717, 1.165) is 11.1 Å². The Kier molecular flexibility index (Phi) is 6.90. The molecular weight excluding hydrogens is 410 g/mol. The Morgan fingerprint density at radius 1 is 1.19 bits per heavy atom. The van der Waals surface area contributed by atoms with Gasteiger partial charge in [0.2, 0.25) is 5.95 Å². The fourth-order valence-corrected chi connectivity index (χ4v) is 3.33. The molecule has 4 N–H and O–H groups in total. The number of nitrogens with one attached hydrogen (secondary N) is 3. The number of benzene rings is 2. The summed E-state index contributed by atoms with van der Waals surface area (Å²) >= 11 is 0. The van der Waals surface area contributed by atoms with Gasteiger partial charge < -0.3 is 15.7 Å². The lowest BCUT2D eigenvalue weighted by Crippen LogP contribution is -2.21. The number of aliphatic hydroxyl groups is 1. The Hall–Kier alpha value is -3.41. The number of hydrogen-bond acceptors (Lipinski definition) is 7. The molecule has 31 heavy (non-hydrogen) atoms. The summed E-state index contributed by atoms with van der Waals surface area (Å²) in [5, 5.41) is 15.7. The maximum absolute atomic E-state index is 12.0. The van der Waals surface area contributed by atoms with Crippen molar-refractivity contribution in [2.45, 2.75) is 24.8 Å². The van der Waals surface area contributed by atoms with Gasteiger partial charge in [-0.2, -0.15) is 4.98 Å². The first-order chi connectivity index (χ1) is 14.7. The van der Waals surface area contributed by atoms with E-state index in [1.165, 1.54) is 6.26 Å². The number of hydrogen-bond donors (Lipinski definition) is 4. The van der Waals surface area contributed by atoms with Gasteiger partial charge in [-0.05, 0) is 44.2 Å². The van der Waals surface area contributed by atoms with E-state index in [9.17, 15) is 9.32 Å². The smallest absolute Gasteiger partial charge is 0.229 e. The zero-order valence-corrected chi connectivity index (χ0v) is 18.5. The molecule has 1 aromatic heterocycles. The van der Waals surface area contributed by atoms with Crippen molar-refractivity contribution < 1.29 is 9.32 Å². The second kappa shape index (κ2) is 9.60. The number of anilines is 3. The van der Waals surface area contributed by atoms with Crippen LogP contribution in [0.3, 0.4) is 0 Å². The predicted molar refractivity (Wildman–Crippen MR) is 124 cm³/mol. The highest BCUT2D eigenvalue weighted by Gasteiger charge is 2.10. The molecule has 160 valence electrons. The average molecular weight is 436 g/mol. The first-order valence-electron chi connectivity index (χ1n) is 9.68. The monoisotopic (exact) mass is 435 g/mol. The fourth-order valence-electron chi connectivity index (χ4n) is 2.64. The zero-order chi connectivity index (χ0) is 22.4. The van der Waals surface area contributed by atoms with Crippen LogP contribution in [0, 0.1) is 23.5 Å². The van der Waals surface area contributed by atoms with Crippen LogP contribution in [0.4, 0.5) is 17.5 Å². The van der Waals surface area contributed by atoms with Gasteiger partial charge in [0, 0.05) is 28.4 Å². The van der Waals surface area contributed by atoms with Gasteiger partial charge in [0.25, 0.3) is 0 Å². The third kappa shape index (κ3) is 6.28. The Morgan fingerprint density at radius 3 is 2.61 bits per heavy atom. The second-order valence-electron chi connectivity index (χ2n) is 7.30. The standard InChI is InChI=1S/C23H25N5O2S/c1-16-7-9-18(10-8-16)11-12-19-14-25-23(28-22(19)26-17(2)15-29)27-20-5-4-6-21(13-20)31(3,24)30/h4-10,13-14,17,24,29H,15H2,1-3H3,(H2,25,26,27,28). The maximum Gasteiger partial charge on any atom is 0.229 e. The highest BCUT2D eigenvalue weighted by molar-refractivity contribution is 7.91. The summed E-state index contributed by atoms with van der Waals surface area (Å²) in [5.74, 6) is 7.01. The summed E-state index contributed by atoms with van der Waals surface area (Å²) in [6, 6.07) is 14.5. The SMILES string of the molecule is Cc1ccc(C#Cc2cnc(Nc3cccc(S(C)(=N)=O)c3)nc2NC(C)CO)cc1. The molecule has 0 spiro atoms. The van der Waals surface area contributed by atoms with E-state index in [4.69, 9.17) is 4.78 Å². The van der Waals surface area contributed by atoms with E-state index in [1.807, 2.05) is 38.1 Å². The molecule has 2 atom stereocenters. The van der Waals surface area contributed by atoms with Crippen molar-refractivity contribution in [2.75, 3.05) is 23.5 Å². The minimum atomic E-state index is -2.83. The quantitative estimate of drug-likeness (QED) is 0.439. The van der Waals surface area contributed by atoms with Gasteiger partial charge >= 0.3 is 0 Å². The average Bonchev–Trinajstić information content (AvgIpc) is 2.74. The third-order valence-electron chi connectivity index (χ3n) is 4.38. The molecule has 0 aliphatic heterocycles. The van der Waals surface area contributed by atoms with E-state index in [0.29, 0.717) is 27.9 Å². The van der Waals surface area contributed by atoms with Crippen LogP contribution in [-0.4, -0.2) is 38.2 Å². The molecule has 0 amide bonds. The van der Waals surface area contributed by atoms with E-state index in [1.54, 1.807) is 30.5 Å². The van der Waals surface area contributed by atoms with E-state index in [2.05, 4.69) is 32.4 Å². The molecule has 0 aliphatic carbocycles. The van der Waals surface area contributed by atoms with Crippen molar-refractivity contribution >= 4 is 27.2 Å². The van der Waals surface area contributed by atoms with Crippen LogP contribution in [0.1, 0.15) is 23.6 Å². The number of aromatic nitrogens is 2. The summed E-state index contributed by atoms with van der Waals surface area (Å²) in [5.41, 5.74) is 3.27. The lowest BCUT2D eigenvalue weighted by Gasteiger charge is -2.14. The van der Waals surface area contributed by atoms with Gasteiger partial charge in [-0.3, -0.25) is 0 Å². The molecule has 0 fully saturated rings. The van der Waals surface area contributed by atoms with Crippen LogP contribution in [0.2, 0.25) is 0 Å². The Labute approximate surface area is 183 Å². The van der Waals surface area contributed by atoms with Gasteiger partial charge in [0.1, 0.15) is 5.82 Å². The summed E-state index contributed by atoms with van der Waals surface area (Å²) in [6.45, 7) is 3.80. The van der Waals surface area contributed by atoms with E-state index in [-0.39, 0.29) is 12.6 Å². The summed E-state index contributed by atoms with van der Waals surface area (Å²) in [4.78, 5) is 9.27. The molecule has 8 heteroatoms. The molecule has 0 bridgehead atoms. The lowest BCUT2D eigenvalue weighted by molar-refractivity contribution is 0.281. The van der Waals surface area contributed by atoms with Crippen molar-refractivity contribution in [2.24, 2.45) is 0 Å². The number of nitrogens with zero attached hydrogens (tertiary/aromatic N) is 2. The predicted octanol–water partition coefficient (Wildman–Crippen LogP) is 3.76. The van der Waals surface area contributed by atoms with Crippen molar-refractivity contribution in [1.29, 1.82) is 4.78 Å². The highest BCUT2D eigenvalue weighted by atomic mass is 32.2. The van der Waals surface area contributed by atoms with Crippen LogP contribution in [0.25, 0.3) is 0 Å². The largest absolute Gasteiger partial charge is 0.394 e. The van der Waals surface area contributed by atoms with Crippen LogP contribution < -0.4 is 10.6 Å². The Bertz CT molecular complexity index is 1230. The van der Waals surface area contributed by atoms with Crippen molar-refractivity contribution in [3.05, 3.63) is 71.4 Å². The summed E-state index contributed by atoms with van der Waals surface area (Å²) in [7, 11) is -2.83. The van der Waals surface area contributed by atoms with Crippen molar-refractivity contribution in [1.82, 2.24) is 9.97 Å². The first kappa shape index (κ1) is 22.3. The topological polar surface area (TPSA) is 111 Å². The normalized spacial score (nSPS) is 13.4. The highest BCUT2D eigenvalue weighted by Crippen LogP contribution is 2.21. The van der Waals surface area contributed by atoms with Gasteiger partial charge in [-0.15, -0.1) is 0 Å². The lowest BCUT2D eigenvalue weighted by atomic mass is 10.1. The Morgan fingerprint density at radius 2 is 1.94 bits per heavy atom. The second-order valence-corrected chi connectivity index (χ2v) is 9.46.